The summed E-state index contributed by atoms with van der Waals surface area (Å²) in [6.07, 6.45) is 2.62. The number of hydrogen-bond acceptors (Lipinski definition) is 2. The van der Waals surface area contributed by atoms with Crippen molar-refractivity contribution >= 4 is 0 Å². The maximum Gasteiger partial charge on any atom is 0.0675 e. The highest BCUT2D eigenvalue weighted by Crippen LogP contribution is 2.50. The first-order chi connectivity index (χ1) is 4.59. The zero-order valence-corrected chi connectivity index (χ0v) is 6.25. The molecule has 2 N–H and O–H groups in total. The van der Waals surface area contributed by atoms with Crippen molar-refractivity contribution in [3.05, 3.63) is 0 Å². The quantitative estimate of drug-likeness (QED) is 0.518. The summed E-state index contributed by atoms with van der Waals surface area (Å²) >= 11 is 0. The molecule has 0 heterocycles. The van der Waals surface area contributed by atoms with Gasteiger partial charge in [0.1, 0.15) is 0 Å². The summed E-state index contributed by atoms with van der Waals surface area (Å²) in [6.45, 7) is 1.85. The minimum Gasteiger partial charge on any atom is -0.393 e. The van der Waals surface area contributed by atoms with Crippen molar-refractivity contribution in [1.29, 1.82) is 0 Å². The van der Waals surface area contributed by atoms with Crippen molar-refractivity contribution in [2.24, 2.45) is 11.8 Å². The molecule has 2 heteroatoms. The van der Waals surface area contributed by atoms with Crippen molar-refractivity contribution < 1.29 is 10.2 Å². The summed E-state index contributed by atoms with van der Waals surface area (Å²) in [6, 6.07) is 0. The third-order valence-corrected chi connectivity index (χ3v) is 3.13. The van der Waals surface area contributed by atoms with Crippen LogP contribution in [0, 0.1) is 11.8 Å². The highest BCUT2D eigenvalue weighted by atomic mass is 16.3. The lowest BCUT2D eigenvalue weighted by Crippen LogP contribution is -2.38. The lowest BCUT2D eigenvalue weighted by Gasteiger charge is -2.31. The van der Waals surface area contributed by atoms with Crippen molar-refractivity contribution in [2.75, 3.05) is 0 Å². The number of fused-ring (bicyclic) bond motifs is 2. The smallest absolute Gasteiger partial charge is 0.0675 e. The molecule has 0 saturated heterocycles. The number of aliphatic hydroxyl groups excluding tert-OH is 1. The third kappa shape index (κ3) is 0.722. The van der Waals surface area contributed by atoms with Crippen LogP contribution < -0.4 is 0 Å². The van der Waals surface area contributed by atoms with Gasteiger partial charge in [0.2, 0.25) is 0 Å². The molecule has 0 amide bonds. The van der Waals surface area contributed by atoms with Gasteiger partial charge in [0, 0.05) is 5.92 Å². The first-order valence-corrected chi connectivity index (χ1v) is 4.00. The maximum absolute atomic E-state index is 9.70. The third-order valence-electron chi connectivity index (χ3n) is 3.13. The van der Waals surface area contributed by atoms with Gasteiger partial charge in [-0.2, -0.15) is 0 Å². The molecule has 2 saturated carbocycles. The fourth-order valence-electron chi connectivity index (χ4n) is 2.69. The maximum atomic E-state index is 9.70. The van der Waals surface area contributed by atoms with Gasteiger partial charge >= 0.3 is 0 Å². The predicted octanol–water partition coefficient (Wildman–Crippen LogP) is 0.528. The van der Waals surface area contributed by atoms with E-state index in [4.69, 9.17) is 0 Å². The number of hydrogen-bond donors (Lipinski definition) is 2. The first-order valence-electron chi connectivity index (χ1n) is 4.00. The molecule has 0 aliphatic heterocycles. The van der Waals surface area contributed by atoms with Gasteiger partial charge in [-0.3, -0.25) is 0 Å². The Morgan fingerprint density at radius 3 is 2.40 bits per heavy atom. The zero-order valence-electron chi connectivity index (χ0n) is 6.25. The van der Waals surface area contributed by atoms with Gasteiger partial charge in [0.05, 0.1) is 11.7 Å². The van der Waals surface area contributed by atoms with E-state index in [0.717, 1.165) is 19.3 Å². The zero-order chi connectivity index (χ0) is 7.35. The van der Waals surface area contributed by atoms with E-state index in [2.05, 4.69) is 0 Å². The van der Waals surface area contributed by atoms with E-state index < -0.39 is 5.60 Å². The minimum atomic E-state index is -0.567. The Balaban J connectivity index is 2.20. The van der Waals surface area contributed by atoms with Gasteiger partial charge in [-0.15, -0.1) is 0 Å². The van der Waals surface area contributed by atoms with E-state index in [1.165, 1.54) is 0 Å². The SMILES string of the molecule is CC1(O)CC2CC(O)C1C2. The summed E-state index contributed by atoms with van der Waals surface area (Å²) in [5.41, 5.74) is -0.567. The monoisotopic (exact) mass is 142 g/mol. The number of rotatable bonds is 0. The van der Waals surface area contributed by atoms with E-state index in [0.29, 0.717) is 5.92 Å². The average Bonchev–Trinajstić information content (AvgIpc) is 2.18. The van der Waals surface area contributed by atoms with Crippen LogP contribution in [-0.2, 0) is 0 Å². The van der Waals surface area contributed by atoms with Crippen LogP contribution in [0.1, 0.15) is 26.2 Å². The predicted molar refractivity (Wildman–Crippen MR) is 37.5 cm³/mol. The Bertz CT molecular complexity index is 153. The molecule has 0 aromatic heterocycles. The van der Waals surface area contributed by atoms with E-state index >= 15 is 0 Å². The second-order valence-corrected chi connectivity index (χ2v) is 4.07. The lowest BCUT2D eigenvalue weighted by atomic mass is 9.84. The minimum absolute atomic E-state index is 0.164. The Kier molecular flexibility index (Phi) is 1.15. The van der Waals surface area contributed by atoms with Crippen LogP contribution in [0.2, 0.25) is 0 Å². The fourth-order valence-corrected chi connectivity index (χ4v) is 2.69. The molecular formula is C8H14O2. The average molecular weight is 142 g/mol. The topological polar surface area (TPSA) is 40.5 Å². The van der Waals surface area contributed by atoms with E-state index in [-0.39, 0.29) is 12.0 Å². The molecule has 0 aromatic carbocycles. The van der Waals surface area contributed by atoms with Gasteiger partial charge in [0.15, 0.2) is 0 Å². The van der Waals surface area contributed by atoms with Gasteiger partial charge in [-0.1, -0.05) is 0 Å². The molecule has 4 unspecified atom stereocenters. The Hall–Kier alpha value is -0.0800. The molecule has 2 aliphatic carbocycles. The molecule has 0 spiro atoms. The molecule has 0 radical (unpaired) electrons. The Morgan fingerprint density at radius 2 is 2.10 bits per heavy atom. The molecule has 2 fully saturated rings. The van der Waals surface area contributed by atoms with Crippen molar-refractivity contribution in [3.63, 3.8) is 0 Å². The summed E-state index contributed by atoms with van der Waals surface area (Å²) in [5.74, 6) is 0.757. The largest absolute Gasteiger partial charge is 0.393 e. The Morgan fingerprint density at radius 1 is 1.40 bits per heavy atom. The molecule has 2 bridgehead atoms. The van der Waals surface area contributed by atoms with Crippen LogP contribution in [0.4, 0.5) is 0 Å². The van der Waals surface area contributed by atoms with Crippen LogP contribution in [-0.4, -0.2) is 21.9 Å². The number of aliphatic hydroxyl groups is 2. The molecular weight excluding hydrogens is 128 g/mol. The Labute approximate surface area is 60.9 Å². The fraction of sp³-hybridized carbons (Fsp3) is 1.00. The van der Waals surface area contributed by atoms with Crippen LogP contribution in [0.5, 0.6) is 0 Å². The van der Waals surface area contributed by atoms with Gasteiger partial charge < -0.3 is 10.2 Å². The van der Waals surface area contributed by atoms with Crippen LogP contribution in [0.25, 0.3) is 0 Å². The standard InChI is InChI=1S/C8H14O2/c1-8(10)4-5-2-6(8)7(9)3-5/h5-7,9-10H,2-4H2,1H3. The molecule has 0 aromatic rings. The van der Waals surface area contributed by atoms with Crippen molar-refractivity contribution in [1.82, 2.24) is 0 Å². The molecule has 58 valence electrons. The highest BCUT2D eigenvalue weighted by Gasteiger charge is 2.51. The summed E-state index contributed by atoms with van der Waals surface area (Å²) in [4.78, 5) is 0. The summed E-state index contributed by atoms with van der Waals surface area (Å²) in [7, 11) is 0. The van der Waals surface area contributed by atoms with E-state index in [1.54, 1.807) is 0 Å². The van der Waals surface area contributed by atoms with Crippen molar-refractivity contribution in [3.8, 4) is 0 Å². The normalized spacial score (nSPS) is 59.7. The van der Waals surface area contributed by atoms with Crippen LogP contribution in [0.15, 0.2) is 0 Å². The molecule has 10 heavy (non-hydrogen) atoms. The highest BCUT2D eigenvalue weighted by molar-refractivity contribution is 5.02. The van der Waals surface area contributed by atoms with Gasteiger partial charge in [-0.05, 0) is 32.1 Å². The second-order valence-electron chi connectivity index (χ2n) is 4.07. The summed E-state index contributed by atoms with van der Waals surface area (Å²) in [5, 5.41) is 19.1. The molecule has 4 atom stereocenters. The van der Waals surface area contributed by atoms with E-state index in [9.17, 15) is 10.2 Å². The molecule has 2 nitrogen and oxygen atoms in total. The summed E-state index contributed by atoms with van der Waals surface area (Å²) < 4.78 is 0. The van der Waals surface area contributed by atoms with Crippen molar-refractivity contribution in [2.45, 2.75) is 37.9 Å². The van der Waals surface area contributed by atoms with Crippen LogP contribution >= 0.6 is 0 Å². The molecule has 2 rings (SSSR count). The second kappa shape index (κ2) is 1.74. The molecule has 2 aliphatic rings. The van der Waals surface area contributed by atoms with E-state index in [1.807, 2.05) is 6.92 Å². The van der Waals surface area contributed by atoms with Gasteiger partial charge in [0.25, 0.3) is 0 Å². The lowest BCUT2D eigenvalue weighted by molar-refractivity contribution is -0.0519. The van der Waals surface area contributed by atoms with Crippen LogP contribution in [0.3, 0.4) is 0 Å². The first kappa shape index (κ1) is 6.62. The van der Waals surface area contributed by atoms with Gasteiger partial charge in [-0.25, -0.2) is 0 Å².